The zero-order chi connectivity index (χ0) is 16.0. The lowest BCUT2D eigenvalue weighted by Gasteiger charge is -2.22. The summed E-state index contributed by atoms with van der Waals surface area (Å²) in [5.74, 6) is -0.835. The van der Waals surface area contributed by atoms with Gasteiger partial charge in [0.1, 0.15) is 0 Å². The van der Waals surface area contributed by atoms with Gasteiger partial charge in [0.2, 0.25) is 0 Å². The van der Waals surface area contributed by atoms with E-state index in [1.54, 1.807) is 11.3 Å². The highest BCUT2D eigenvalue weighted by Crippen LogP contribution is 2.16. The molecular weight excluding hydrogens is 288 g/mol. The molecule has 1 heterocycles. The topological polar surface area (TPSA) is 78.4 Å². The Balaban J connectivity index is 2.45. The molecule has 3 N–H and O–H groups in total. The summed E-state index contributed by atoms with van der Waals surface area (Å²) in [5.41, 5.74) is 0. The number of rotatable bonds is 7. The van der Waals surface area contributed by atoms with Crippen LogP contribution in [0.3, 0.4) is 0 Å². The molecule has 0 fully saturated rings. The van der Waals surface area contributed by atoms with Gasteiger partial charge in [0.15, 0.2) is 0 Å². The molecule has 0 saturated carbocycles. The van der Waals surface area contributed by atoms with Crippen LogP contribution in [0.25, 0.3) is 0 Å². The second kappa shape index (κ2) is 8.02. The van der Waals surface area contributed by atoms with Crippen LogP contribution in [0.2, 0.25) is 0 Å². The fraction of sp³-hybridized carbons (Fsp3) is 0.600. The molecule has 0 aliphatic rings. The van der Waals surface area contributed by atoms with Gasteiger partial charge in [-0.3, -0.25) is 4.79 Å². The first-order valence-corrected chi connectivity index (χ1v) is 7.93. The summed E-state index contributed by atoms with van der Waals surface area (Å²) in [4.78, 5) is 25.2. The molecule has 6 heteroatoms. The van der Waals surface area contributed by atoms with Gasteiger partial charge in [-0.1, -0.05) is 13.8 Å². The van der Waals surface area contributed by atoms with Crippen LogP contribution in [-0.2, 0) is 11.2 Å². The Morgan fingerprint density at radius 3 is 2.38 bits per heavy atom. The van der Waals surface area contributed by atoms with Crippen molar-refractivity contribution >= 4 is 23.3 Å². The molecule has 2 atom stereocenters. The van der Waals surface area contributed by atoms with Crippen LogP contribution in [0, 0.1) is 12.8 Å². The van der Waals surface area contributed by atoms with Crippen LogP contribution < -0.4 is 10.6 Å². The van der Waals surface area contributed by atoms with E-state index >= 15 is 0 Å². The van der Waals surface area contributed by atoms with Crippen molar-refractivity contribution in [3.63, 3.8) is 0 Å². The largest absolute Gasteiger partial charge is 0.481 e. The fourth-order valence-corrected chi connectivity index (χ4v) is 3.04. The van der Waals surface area contributed by atoms with Gasteiger partial charge in [0.05, 0.1) is 6.42 Å². The second-order valence-electron chi connectivity index (χ2n) is 5.68. The number of aliphatic carboxylic acids is 1. The van der Waals surface area contributed by atoms with E-state index in [-0.39, 0.29) is 30.5 Å². The summed E-state index contributed by atoms with van der Waals surface area (Å²) >= 11 is 1.72. The number of thiophene rings is 1. The van der Waals surface area contributed by atoms with Gasteiger partial charge in [-0.2, -0.15) is 0 Å². The van der Waals surface area contributed by atoms with E-state index in [9.17, 15) is 9.59 Å². The first kappa shape index (κ1) is 17.5. The predicted octanol–water partition coefficient (Wildman–Crippen LogP) is 2.79. The maximum atomic E-state index is 11.9. The normalized spacial score (nSPS) is 13.8. The zero-order valence-corrected chi connectivity index (χ0v) is 13.8. The van der Waals surface area contributed by atoms with Crippen LogP contribution in [0.4, 0.5) is 4.79 Å². The number of nitrogens with one attached hydrogen (secondary N) is 2. The van der Waals surface area contributed by atoms with Crippen molar-refractivity contribution in [3.05, 3.63) is 21.9 Å². The molecule has 0 radical (unpaired) electrons. The van der Waals surface area contributed by atoms with Crippen LogP contribution in [-0.4, -0.2) is 29.2 Å². The average Bonchev–Trinajstić information content (AvgIpc) is 2.72. The number of amides is 2. The highest BCUT2D eigenvalue weighted by atomic mass is 32.1. The molecule has 2 unspecified atom stereocenters. The summed E-state index contributed by atoms with van der Waals surface area (Å²) in [6.45, 7) is 7.78. The fourth-order valence-electron chi connectivity index (χ4n) is 2.02. The Kier molecular flexibility index (Phi) is 6.68. The lowest BCUT2D eigenvalue weighted by Crippen LogP contribution is -2.48. The minimum atomic E-state index is -0.906. The Hall–Kier alpha value is -1.56. The molecule has 1 aromatic rings. The quantitative estimate of drug-likeness (QED) is 0.724. The van der Waals surface area contributed by atoms with Crippen molar-refractivity contribution < 1.29 is 14.7 Å². The molecule has 21 heavy (non-hydrogen) atoms. The molecule has 1 aromatic heterocycles. The van der Waals surface area contributed by atoms with Gasteiger partial charge < -0.3 is 15.7 Å². The van der Waals surface area contributed by atoms with E-state index in [2.05, 4.69) is 29.7 Å². The number of carbonyl (C=O) groups excluding carboxylic acids is 1. The Labute approximate surface area is 129 Å². The molecule has 5 nitrogen and oxygen atoms in total. The van der Waals surface area contributed by atoms with Gasteiger partial charge in [-0.05, 0) is 31.9 Å². The maximum absolute atomic E-state index is 11.9. The highest BCUT2D eigenvalue weighted by Gasteiger charge is 2.20. The van der Waals surface area contributed by atoms with Gasteiger partial charge in [0, 0.05) is 28.3 Å². The van der Waals surface area contributed by atoms with Crippen molar-refractivity contribution in [2.45, 2.75) is 52.6 Å². The number of hydrogen-bond donors (Lipinski definition) is 3. The van der Waals surface area contributed by atoms with Crippen LogP contribution >= 0.6 is 11.3 Å². The predicted molar refractivity (Wildman–Crippen MR) is 84.8 cm³/mol. The molecule has 0 aliphatic heterocycles. The van der Waals surface area contributed by atoms with E-state index < -0.39 is 5.97 Å². The summed E-state index contributed by atoms with van der Waals surface area (Å²) in [7, 11) is 0. The molecule has 0 saturated heterocycles. The highest BCUT2D eigenvalue weighted by molar-refractivity contribution is 7.11. The van der Waals surface area contributed by atoms with Crippen molar-refractivity contribution in [2.24, 2.45) is 5.92 Å². The number of aryl methyl sites for hydroxylation is 1. The van der Waals surface area contributed by atoms with Gasteiger partial charge in [-0.15, -0.1) is 11.3 Å². The number of carboxylic acid groups (broad SMARTS) is 1. The Morgan fingerprint density at radius 1 is 1.24 bits per heavy atom. The zero-order valence-electron chi connectivity index (χ0n) is 13.0. The number of urea groups is 1. The van der Waals surface area contributed by atoms with Crippen LogP contribution in [0.1, 0.15) is 36.9 Å². The number of carbonyl (C=O) groups is 2. The standard InChI is InChI=1S/C15H24N2O3S/c1-9(2)13(8-14(18)19)17-15(20)16-10(3)7-12-6-5-11(4)21-12/h5-6,9-10,13H,7-8H2,1-4H3,(H,18,19)(H2,16,17,20). The first-order valence-electron chi connectivity index (χ1n) is 7.12. The molecule has 0 bridgehead atoms. The Morgan fingerprint density at radius 2 is 1.90 bits per heavy atom. The molecule has 1 rings (SSSR count). The third kappa shape index (κ3) is 6.62. The van der Waals surface area contributed by atoms with Crippen molar-refractivity contribution in [1.82, 2.24) is 10.6 Å². The molecule has 2 amide bonds. The van der Waals surface area contributed by atoms with E-state index in [4.69, 9.17) is 5.11 Å². The molecule has 118 valence electrons. The second-order valence-corrected chi connectivity index (χ2v) is 7.06. The average molecular weight is 312 g/mol. The minimum Gasteiger partial charge on any atom is -0.481 e. The van der Waals surface area contributed by atoms with Crippen molar-refractivity contribution in [3.8, 4) is 0 Å². The van der Waals surface area contributed by atoms with Crippen molar-refractivity contribution in [2.75, 3.05) is 0 Å². The van der Waals surface area contributed by atoms with Gasteiger partial charge in [-0.25, -0.2) is 4.79 Å². The van der Waals surface area contributed by atoms with Crippen LogP contribution in [0.15, 0.2) is 12.1 Å². The third-order valence-corrected chi connectivity index (χ3v) is 4.22. The minimum absolute atomic E-state index is 0.000639. The molecule has 0 spiro atoms. The summed E-state index contributed by atoms with van der Waals surface area (Å²) < 4.78 is 0. The summed E-state index contributed by atoms with van der Waals surface area (Å²) in [6.07, 6.45) is 0.709. The lowest BCUT2D eigenvalue weighted by atomic mass is 10.0. The Bertz CT molecular complexity index is 485. The third-order valence-electron chi connectivity index (χ3n) is 3.20. The number of carboxylic acids is 1. The SMILES string of the molecule is Cc1ccc(CC(C)NC(=O)NC(CC(=O)O)C(C)C)s1. The molecule has 0 aliphatic carbocycles. The number of hydrogen-bond acceptors (Lipinski definition) is 3. The lowest BCUT2D eigenvalue weighted by molar-refractivity contribution is -0.137. The van der Waals surface area contributed by atoms with Crippen LogP contribution in [0.5, 0.6) is 0 Å². The molecular formula is C15H24N2O3S. The summed E-state index contributed by atoms with van der Waals surface area (Å²) in [6, 6.07) is 3.46. The molecule has 0 aromatic carbocycles. The van der Waals surface area contributed by atoms with Gasteiger partial charge in [0.25, 0.3) is 0 Å². The maximum Gasteiger partial charge on any atom is 0.315 e. The van der Waals surface area contributed by atoms with Gasteiger partial charge >= 0.3 is 12.0 Å². The van der Waals surface area contributed by atoms with Crippen molar-refractivity contribution in [1.29, 1.82) is 0 Å². The van der Waals surface area contributed by atoms with E-state index in [0.717, 1.165) is 6.42 Å². The van der Waals surface area contributed by atoms with E-state index in [0.29, 0.717) is 0 Å². The van der Waals surface area contributed by atoms with E-state index in [1.165, 1.54) is 9.75 Å². The van der Waals surface area contributed by atoms with E-state index in [1.807, 2.05) is 20.8 Å². The summed E-state index contributed by atoms with van der Waals surface area (Å²) in [5, 5.41) is 14.5. The first-order chi connectivity index (χ1) is 9.77. The monoisotopic (exact) mass is 312 g/mol. The smallest absolute Gasteiger partial charge is 0.315 e.